The third-order valence-electron chi connectivity index (χ3n) is 2.19. The maximum atomic E-state index is 11.8. The van der Waals surface area contributed by atoms with Crippen molar-refractivity contribution in [2.24, 2.45) is 0 Å². The Morgan fingerprint density at radius 1 is 1.29 bits per heavy atom. The minimum atomic E-state index is -4.08. The van der Waals surface area contributed by atoms with Gasteiger partial charge in [0.05, 0.1) is 0 Å². The van der Waals surface area contributed by atoms with E-state index in [0.717, 1.165) is 25.9 Å². The summed E-state index contributed by atoms with van der Waals surface area (Å²) in [6.45, 7) is 2.37. The second-order valence-electron chi connectivity index (χ2n) is 3.31. The number of likely N-dealkylation sites (tertiary alicyclic amines) is 1. The Morgan fingerprint density at radius 2 is 1.86 bits per heavy atom. The Bertz CT molecular complexity index is 168. The highest BCUT2D eigenvalue weighted by Crippen LogP contribution is 2.30. The van der Waals surface area contributed by atoms with Gasteiger partial charge >= 0.3 is 5.51 Å². The lowest BCUT2D eigenvalue weighted by Crippen LogP contribution is -2.35. The van der Waals surface area contributed by atoms with Crippen molar-refractivity contribution in [2.75, 3.05) is 25.4 Å². The zero-order valence-corrected chi connectivity index (χ0v) is 10.1. The van der Waals surface area contributed by atoms with Crippen molar-refractivity contribution in [2.45, 2.75) is 23.2 Å². The molecule has 0 saturated carbocycles. The van der Waals surface area contributed by atoms with Gasteiger partial charge in [0.2, 0.25) is 0 Å². The van der Waals surface area contributed by atoms with Gasteiger partial charge in [-0.3, -0.25) is 0 Å². The van der Waals surface area contributed by atoms with Gasteiger partial charge in [-0.25, -0.2) is 0 Å². The average molecular weight is 292 g/mol. The molecule has 84 valence electrons. The van der Waals surface area contributed by atoms with E-state index >= 15 is 0 Å². The maximum Gasteiger partial charge on any atom is 0.441 e. The lowest BCUT2D eigenvalue weighted by Gasteiger charge is -2.29. The Kier molecular flexibility index (Phi) is 5.06. The van der Waals surface area contributed by atoms with Crippen molar-refractivity contribution < 1.29 is 13.2 Å². The number of piperidine rings is 1. The van der Waals surface area contributed by atoms with E-state index in [1.165, 1.54) is 0 Å². The van der Waals surface area contributed by atoms with Gasteiger partial charge in [-0.15, -0.1) is 0 Å². The van der Waals surface area contributed by atoms with Crippen molar-refractivity contribution in [3.05, 3.63) is 0 Å². The molecule has 0 N–H and O–H groups in total. The van der Waals surface area contributed by atoms with Crippen LogP contribution in [0.3, 0.4) is 0 Å². The minimum absolute atomic E-state index is 0.0746. The third-order valence-corrected chi connectivity index (χ3v) is 3.82. The lowest BCUT2D eigenvalue weighted by molar-refractivity contribution is -0.0328. The molecule has 1 fully saturated rings. The monoisotopic (exact) mass is 291 g/mol. The lowest BCUT2D eigenvalue weighted by atomic mass is 10.1. The topological polar surface area (TPSA) is 3.24 Å². The van der Waals surface area contributed by atoms with Crippen LogP contribution in [0.1, 0.15) is 12.8 Å². The normalized spacial score (nSPS) is 21.4. The number of hydrogen-bond acceptors (Lipinski definition) is 2. The molecule has 0 spiro atoms. The molecule has 1 aliphatic rings. The minimum Gasteiger partial charge on any atom is -0.302 e. The van der Waals surface area contributed by atoms with Gasteiger partial charge in [-0.05, 0) is 37.7 Å². The average Bonchev–Trinajstić information content (AvgIpc) is 2.06. The largest absolute Gasteiger partial charge is 0.441 e. The molecule has 6 heteroatoms. The van der Waals surface area contributed by atoms with Crippen LogP contribution in [0.2, 0.25) is 0 Å². The summed E-state index contributed by atoms with van der Waals surface area (Å²) in [5.74, 6) is 0.149. The fraction of sp³-hybridized carbons (Fsp3) is 1.00. The van der Waals surface area contributed by atoms with Crippen LogP contribution in [0.25, 0.3) is 0 Å². The van der Waals surface area contributed by atoms with Crippen molar-refractivity contribution in [3.8, 4) is 0 Å². The van der Waals surface area contributed by atoms with E-state index in [0.29, 0.717) is 11.4 Å². The molecule has 0 bridgehead atoms. The molecule has 1 nitrogen and oxygen atoms in total. The molecule has 1 heterocycles. The smallest absolute Gasteiger partial charge is 0.302 e. The Labute approximate surface area is 94.5 Å². The molecule has 0 aliphatic carbocycles. The molecular formula is C8H13BrF3NS. The number of hydrogen-bond donors (Lipinski definition) is 0. The maximum absolute atomic E-state index is 11.8. The van der Waals surface area contributed by atoms with Crippen molar-refractivity contribution in [1.29, 1.82) is 0 Å². The fourth-order valence-corrected chi connectivity index (χ4v) is 2.41. The summed E-state index contributed by atoms with van der Waals surface area (Å²) in [5, 5.41) is 0. The first-order valence-corrected chi connectivity index (χ1v) is 6.44. The Hall–Kier alpha value is 0.580. The predicted octanol–water partition coefficient (Wildman–Crippen LogP) is 3.10. The van der Waals surface area contributed by atoms with E-state index < -0.39 is 5.51 Å². The van der Waals surface area contributed by atoms with Crippen LogP contribution in [0.15, 0.2) is 0 Å². The summed E-state index contributed by atoms with van der Waals surface area (Å²) in [4.78, 5) is 2.64. The highest BCUT2D eigenvalue weighted by Gasteiger charge is 2.28. The third kappa shape index (κ3) is 5.46. The van der Waals surface area contributed by atoms with E-state index in [1.807, 2.05) is 0 Å². The fourth-order valence-electron chi connectivity index (χ4n) is 1.42. The molecule has 0 aromatic heterocycles. The number of thioether (sulfide) groups is 1. The summed E-state index contributed by atoms with van der Waals surface area (Å²) >= 11 is 3.58. The van der Waals surface area contributed by atoms with Crippen molar-refractivity contribution in [3.63, 3.8) is 0 Å². The molecule has 0 aromatic rings. The molecule has 14 heavy (non-hydrogen) atoms. The molecule has 0 aromatic carbocycles. The number of alkyl halides is 4. The standard InChI is InChI=1S/C8H13BrF3NS/c9-7-1-3-13(4-2-7)5-6-14-8(10,11)12/h7H,1-6H2. The van der Waals surface area contributed by atoms with Gasteiger partial charge in [0, 0.05) is 17.1 Å². The van der Waals surface area contributed by atoms with E-state index in [-0.39, 0.29) is 17.5 Å². The molecule has 0 radical (unpaired) electrons. The highest BCUT2D eigenvalue weighted by molar-refractivity contribution is 9.09. The van der Waals surface area contributed by atoms with Crippen LogP contribution in [0, 0.1) is 0 Å². The molecule has 0 unspecified atom stereocenters. The van der Waals surface area contributed by atoms with Crippen LogP contribution < -0.4 is 0 Å². The van der Waals surface area contributed by atoms with Crippen LogP contribution in [0.4, 0.5) is 13.2 Å². The van der Waals surface area contributed by atoms with Crippen LogP contribution >= 0.6 is 27.7 Å². The number of halogens is 4. The summed E-state index contributed by atoms with van der Waals surface area (Å²) in [6, 6.07) is 0. The van der Waals surface area contributed by atoms with Crippen LogP contribution in [-0.2, 0) is 0 Å². The van der Waals surface area contributed by atoms with E-state index in [4.69, 9.17) is 0 Å². The number of nitrogens with zero attached hydrogens (tertiary/aromatic N) is 1. The van der Waals surface area contributed by atoms with Gasteiger partial charge < -0.3 is 4.90 Å². The molecule has 0 atom stereocenters. The summed E-state index contributed by atoms with van der Waals surface area (Å²) in [7, 11) is 0. The second kappa shape index (κ2) is 5.61. The van der Waals surface area contributed by atoms with Crippen LogP contribution in [0.5, 0.6) is 0 Å². The first-order chi connectivity index (χ1) is 6.47. The Morgan fingerprint density at radius 3 is 2.36 bits per heavy atom. The van der Waals surface area contributed by atoms with Crippen LogP contribution in [-0.4, -0.2) is 40.6 Å². The highest BCUT2D eigenvalue weighted by atomic mass is 79.9. The van der Waals surface area contributed by atoms with Crippen molar-refractivity contribution in [1.82, 2.24) is 4.90 Å². The van der Waals surface area contributed by atoms with Gasteiger partial charge in [-0.2, -0.15) is 13.2 Å². The molecule has 1 rings (SSSR count). The Balaban J connectivity index is 2.08. The molecular weight excluding hydrogens is 279 g/mol. The molecule has 1 aliphatic heterocycles. The van der Waals surface area contributed by atoms with Crippen molar-refractivity contribution >= 4 is 27.7 Å². The SMILES string of the molecule is FC(F)(F)SCCN1CCC(Br)CC1. The van der Waals surface area contributed by atoms with Gasteiger partial charge in [0.15, 0.2) is 0 Å². The van der Waals surface area contributed by atoms with E-state index in [9.17, 15) is 13.2 Å². The summed E-state index contributed by atoms with van der Waals surface area (Å²) < 4.78 is 35.4. The van der Waals surface area contributed by atoms with Gasteiger partial charge in [0.25, 0.3) is 0 Å². The zero-order chi connectivity index (χ0) is 10.6. The van der Waals surface area contributed by atoms with Gasteiger partial charge in [0.1, 0.15) is 0 Å². The van der Waals surface area contributed by atoms with Gasteiger partial charge in [-0.1, -0.05) is 15.9 Å². The number of rotatable bonds is 3. The van der Waals surface area contributed by atoms with E-state index in [2.05, 4.69) is 20.8 Å². The van der Waals surface area contributed by atoms with E-state index in [1.54, 1.807) is 0 Å². The molecule has 1 saturated heterocycles. The quantitative estimate of drug-likeness (QED) is 0.735. The zero-order valence-electron chi connectivity index (χ0n) is 7.69. The first-order valence-electron chi connectivity index (χ1n) is 4.54. The predicted molar refractivity (Wildman–Crippen MR) is 56.9 cm³/mol. The summed E-state index contributed by atoms with van der Waals surface area (Å²) in [5.41, 5.74) is -4.08. The summed E-state index contributed by atoms with van der Waals surface area (Å²) in [6.07, 6.45) is 2.08. The first kappa shape index (κ1) is 12.6. The molecule has 0 amide bonds. The second-order valence-corrected chi connectivity index (χ2v) is 5.77.